The van der Waals surface area contributed by atoms with Gasteiger partial charge in [-0.1, -0.05) is 0 Å². The van der Waals surface area contributed by atoms with Gasteiger partial charge in [-0.25, -0.2) is 15.8 Å². The Morgan fingerprint density at radius 3 is 2.90 bits per heavy atom. The first-order valence-corrected chi connectivity index (χ1v) is 9.70. The summed E-state index contributed by atoms with van der Waals surface area (Å²) in [6.45, 7) is 6.13. The normalized spacial score (nSPS) is 18.1. The van der Waals surface area contributed by atoms with Crippen LogP contribution in [0, 0.1) is 0 Å². The van der Waals surface area contributed by atoms with Gasteiger partial charge in [-0.3, -0.25) is 0 Å². The molecule has 4 heterocycles. The van der Waals surface area contributed by atoms with E-state index in [1.54, 1.807) is 18.3 Å². The number of nitrogens with two attached hydrogens (primary N) is 2. The zero-order valence-electron chi connectivity index (χ0n) is 17.0. The number of ether oxygens (including phenoxy) is 1. The summed E-state index contributed by atoms with van der Waals surface area (Å²) in [4.78, 5) is 14.8. The van der Waals surface area contributed by atoms with Crippen molar-refractivity contribution < 1.29 is 4.74 Å². The molecule has 8 nitrogen and oxygen atoms in total. The number of anilines is 1. The van der Waals surface area contributed by atoms with Crippen molar-refractivity contribution in [3.8, 4) is 11.3 Å². The van der Waals surface area contributed by atoms with E-state index in [2.05, 4.69) is 27.9 Å². The zero-order valence-corrected chi connectivity index (χ0v) is 17.0. The summed E-state index contributed by atoms with van der Waals surface area (Å²) >= 11 is 0. The van der Waals surface area contributed by atoms with Gasteiger partial charge in [0.05, 0.1) is 30.6 Å². The second-order valence-electron chi connectivity index (χ2n) is 7.46. The molecule has 5 N–H and O–H groups in total. The highest BCUT2D eigenvalue weighted by Gasteiger charge is 2.23. The van der Waals surface area contributed by atoms with E-state index in [0.29, 0.717) is 18.9 Å². The molecule has 0 radical (unpaired) electrons. The number of morpholine rings is 1. The Bertz CT molecular complexity index is 1050. The van der Waals surface area contributed by atoms with E-state index in [1.165, 1.54) is 0 Å². The van der Waals surface area contributed by atoms with E-state index in [1.807, 2.05) is 31.3 Å². The molecule has 3 aromatic heterocycles. The van der Waals surface area contributed by atoms with Crippen LogP contribution in [-0.2, 0) is 4.74 Å². The Hall–Kier alpha value is -3.10. The number of hydrogen-bond acceptors (Lipinski definition) is 7. The summed E-state index contributed by atoms with van der Waals surface area (Å²) in [6.07, 6.45) is 3.68. The van der Waals surface area contributed by atoms with Crippen molar-refractivity contribution in [3.05, 3.63) is 47.9 Å². The van der Waals surface area contributed by atoms with Crippen molar-refractivity contribution in [2.24, 2.45) is 11.6 Å². The number of aromatic nitrogens is 3. The lowest BCUT2D eigenvalue weighted by Gasteiger charge is -2.35. The molecule has 1 fully saturated rings. The Labute approximate surface area is 170 Å². The van der Waals surface area contributed by atoms with Gasteiger partial charge in [-0.15, -0.1) is 0 Å². The molecule has 0 spiro atoms. The van der Waals surface area contributed by atoms with Crippen molar-refractivity contribution in [1.82, 2.24) is 20.0 Å². The molecule has 0 amide bonds. The summed E-state index contributed by atoms with van der Waals surface area (Å²) < 4.78 is 5.61. The summed E-state index contributed by atoms with van der Waals surface area (Å²) in [6, 6.07) is 8.32. The fourth-order valence-corrected chi connectivity index (χ4v) is 3.90. The highest BCUT2D eigenvalue weighted by atomic mass is 16.5. The van der Waals surface area contributed by atoms with Crippen LogP contribution in [0.2, 0.25) is 0 Å². The van der Waals surface area contributed by atoms with Crippen LogP contribution >= 0.6 is 0 Å². The first-order valence-electron chi connectivity index (χ1n) is 9.70. The molecule has 1 saturated heterocycles. The van der Waals surface area contributed by atoms with E-state index in [9.17, 15) is 0 Å². The topological polar surface area (TPSA) is 109 Å². The number of pyridine rings is 2. The summed E-state index contributed by atoms with van der Waals surface area (Å²) in [5, 5.41) is 2.58. The third kappa shape index (κ3) is 3.64. The molecular weight excluding hydrogens is 366 g/mol. The van der Waals surface area contributed by atoms with E-state index in [4.69, 9.17) is 21.3 Å². The van der Waals surface area contributed by atoms with E-state index in [0.717, 1.165) is 45.9 Å². The maximum Gasteiger partial charge on any atom is 0.137 e. The first kappa shape index (κ1) is 19.2. The van der Waals surface area contributed by atoms with Gasteiger partial charge >= 0.3 is 0 Å². The van der Waals surface area contributed by atoms with Crippen LogP contribution in [0.5, 0.6) is 0 Å². The van der Waals surface area contributed by atoms with Crippen LogP contribution < -0.4 is 16.5 Å². The van der Waals surface area contributed by atoms with Crippen LogP contribution in [0.3, 0.4) is 0 Å². The number of allylic oxidation sites excluding steroid dienone is 1. The largest absolute Gasteiger partial charge is 0.401 e. The Kier molecular flexibility index (Phi) is 5.12. The SMILES string of the molecule is C/C(N)=C(\c1cc(-c2ccnc3[nH]ccc23)nc(N2CCOCC2C)c1)N(C)N. The van der Waals surface area contributed by atoms with Crippen molar-refractivity contribution in [3.63, 3.8) is 0 Å². The summed E-state index contributed by atoms with van der Waals surface area (Å²) in [5.74, 6) is 7.00. The van der Waals surface area contributed by atoms with Crippen molar-refractivity contribution >= 4 is 22.5 Å². The molecule has 1 atom stereocenters. The minimum absolute atomic E-state index is 0.228. The van der Waals surface area contributed by atoms with E-state index >= 15 is 0 Å². The molecule has 152 valence electrons. The van der Waals surface area contributed by atoms with Crippen molar-refractivity contribution in [1.29, 1.82) is 0 Å². The number of hydrazine groups is 1. The molecule has 0 saturated carbocycles. The first-order chi connectivity index (χ1) is 14.0. The van der Waals surface area contributed by atoms with Crippen molar-refractivity contribution in [2.75, 3.05) is 31.7 Å². The van der Waals surface area contributed by atoms with Crippen LogP contribution in [0.1, 0.15) is 19.4 Å². The average molecular weight is 393 g/mol. The number of aromatic amines is 1. The highest BCUT2D eigenvalue weighted by Crippen LogP contribution is 2.32. The number of nitrogens with one attached hydrogen (secondary N) is 1. The Balaban J connectivity index is 1.93. The molecule has 1 aliphatic heterocycles. The lowest BCUT2D eigenvalue weighted by atomic mass is 10.0. The molecule has 0 aliphatic carbocycles. The second-order valence-corrected chi connectivity index (χ2v) is 7.46. The summed E-state index contributed by atoms with van der Waals surface area (Å²) in [7, 11) is 1.79. The van der Waals surface area contributed by atoms with Crippen LogP contribution in [0.15, 0.2) is 42.4 Å². The van der Waals surface area contributed by atoms with Gasteiger partial charge in [0.25, 0.3) is 0 Å². The predicted octanol–water partition coefficient (Wildman–Crippen LogP) is 2.30. The molecule has 29 heavy (non-hydrogen) atoms. The number of rotatable bonds is 4. The maximum absolute atomic E-state index is 6.18. The van der Waals surface area contributed by atoms with Crippen LogP contribution in [0.4, 0.5) is 5.82 Å². The smallest absolute Gasteiger partial charge is 0.137 e. The number of H-pyrrole nitrogens is 1. The number of fused-ring (bicyclic) bond motifs is 1. The van der Waals surface area contributed by atoms with Gasteiger partial charge in [-0.05, 0) is 38.1 Å². The molecule has 0 bridgehead atoms. The number of nitrogens with zero attached hydrogens (tertiary/aromatic N) is 4. The zero-order chi connectivity index (χ0) is 20.5. The van der Waals surface area contributed by atoms with Gasteiger partial charge in [0, 0.05) is 48.2 Å². The highest BCUT2D eigenvalue weighted by molar-refractivity contribution is 5.92. The molecule has 3 aromatic rings. The lowest BCUT2D eigenvalue weighted by Crippen LogP contribution is -2.44. The van der Waals surface area contributed by atoms with Crippen molar-refractivity contribution in [2.45, 2.75) is 19.9 Å². The number of hydrogen-bond donors (Lipinski definition) is 3. The average Bonchev–Trinajstić information content (AvgIpc) is 3.16. The predicted molar refractivity (Wildman–Crippen MR) is 116 cm³/mol. The summed E-state index contributed by atoms with van der Waals surface area (Å²) in [5.41, 5.74) is 11.2. The van der Waals surface area contributed by atoms with E-state index in [-0.39, 0.29) is 6.04 Å². The minimum Gasteiger partial charge on any atom is -0.401 e. The molecule has 1 aliphatic rings. The van der Waals surface area contributed by atoms with E-state index < -0.39 is 0 Å². The minimum atomic E-state index is 0.228. The van der Waals surface area contributed by atoms with Gasteiger partial charge in [-0.2, -0.15) is 0 Å². The molecule has 4 rings (SSSR count). The van der Waals surface area contributed by atoms with Gasteiger partial charge in [0.15, 0.2) is 0 Å². The Morgan fingerprint density at radius 1 is 1.34 bits per heavy atom. The van der Waals surface area contributed by atoms with Gasteiger partial charge in [0.1, 0.15) is 11.5 Å². The fourth-order valence-electron chi connectivity index (χ4n) is 3.90. The Morgan fingerprint density at radius 2 is 2.17 bits per heavy atom. The molecular formula is C21H27N7O. The second kappa shape index (κ2) is 7.73. The molecule has 1 unspecified atom stereocenters. The van der Waals surface area contributed by atoms with Gasteiger partial charge in [0.2, 0.25) is 0 Å². The standard InChI is InChI=1S/C21H27N7O/c1-13-12-29-9-8-28(13)19-11-15(20(14(2)22)27(3)23)10-18(26-19)16-4-6-24-21-17(16)5-7-25-21/h4-7,10-11,13H,8-9,12,22-23H2,1-3H3,(H,24,25)/b20-14-. The van der Waals surface area contributed by atoms with Crippen LogP contribution in [-0.4, -0.2) is 52.8 Å². The third-order valence-electron chi connectivity index (χ3n) is 5.21. The monoisotopic (exact) mass is 393 g/mol. The van der Waals surface area contributed by atoms with Crippen LogP contribution in [0.25, 0.3) is 28.0 Å². The third-order valence-corrected chi connectivity index (χ3v) is 5.21. The maximum atomic E-state index is 6.18. The molecule has 8 heteroatoms. The molecule has 0 aromatic carbocycles. The van der Waals surface area contributed by atoms with Gasteiger partial charge < -0.3 is 25.4 Å². The lowest BCUT2D eigenvalue weighted by molar-refractivity contribution is 0.0985. The quantitative estimate of drug-likeness (QED) is 0.461. The fraction of sp³-hybridized carbons (Fsp3) is 0.333.